The van der Waals surface area contributed by atoms with Crippen molar-refractivity contribution in [2.75, 3.05) is 0 Å². The van der Waals surface area contributed by atoms with Gasteiger partial charge in [-0.05, 0) is 6.07 Å². The smallest absolute Gasteiger partial charge is 0.432 e. The molecule has 0 saturated heterocycles. The first-order chi connectivity index (χ1) is 6.32. The number of carbonyl (C=O) groups excluding carboxylic acids is 1. The van der Waals surface area contributed by atoms with Gasteiger partial charge in [0.05, 0.1) is 0 Å². The number of aliphatic carboxylic acids is 1. The van der Waals surface area contributed by atoms with Gasteiger partial charge in [0.1, 0.15) is 11.4 Å². The number of ketones is 1. The largest absolute Gasteiger partial charge is 0.475 e. The number of carboxylic acids is 1. The number of rotatable bonds is 2. The molecule has 5 nitrogen and oxygen atoms in total. The number of aromatic nitrogens is 2. The van der Waals surface area contributed by atoms with E-state index in [0.717, 1.165) is 0 Å². The van der Waals surface area contributed by atoms with Crippen LogP contribution in [0, 0.1) is 0 Å². The molecule has 0 atom stereocenters. The molecule has 0 fully saturated rings. The quantitative estimate of drug-likeness (QED) is 0.553. The van der Waals surface area contributed by atoms with Gasteiger partial charge in [0.25, 0.3) is 5.78 Å². The summed E-state index contributed by atoms with van der Waals surface area (Å²) in [5.41, 5.74) is -2.04. The maximum Gasteiger partial charge on any atom is 0.432 e. The second kappa shape index (κ2) is 3.13. The zero-order valence-corrected chi connectivity index (χ0v) is 6.42. The lowest BCUT2D eigenvalue weighted by molar-refractivity contribution is -0.141. The van der Waals surface area contributed by atoms with E-state index in [-0.39, 0.29) is 0 Å². The number of nitrogens with zero attached hydrogens (tertiary/aromatic N) is 1. The average Bonchev–Trinajstić information content (AvgIpc) is 2.49. The molecular weight excluding hydrogens is 205 g/mol. The first-order valence-corrected chi connectivity index (χ1v) is 3.22. The van der Waals surface area contributed by atoms with Crippen LogP contribution in [0.4, 0.5) is 13.2 Å². The lowest BCUT2D eigenvalue weighted by Crippen LogP contribution is -2.13. The van der Waals surface area contributed by atoms with Gasteiger partial charge >= 0.3 is 12.1 Å². The summed E-state index contributed by atoms with van der Waals surface area (Å²) in [6.07, 6.45) is -4.68. The maximum atomic E-state index is 11.9. The van der Waals surface area contributed by atoms with E-state index in [1.807, 2.05) is 0 Å². The van der Waals surface area contributed by atoms with Crippen LogP contribution in [-0.2, 0) is 11.0 Å². The predicted octanol–water partition coefficient (Wildman–Crippen LogP) is 0.696. The third kappa shape index (κ3) is 1.90. The van der Waals surface area contributed by atoms with E-state index in [1.54, 1.807) is 0 Å². The summed E-state index contributed by atoms with van der Waals surface area (Å²) in [5, 5.41) is 12.6. The van der Waals surface area contributed by atoms with Gasteiger partial charge in [-0.2, -0.15) is 18.3 Å². The maximum absolute atomic E-state index is 11.9. The Morgan fingerprint density at radius 3 is 2.36 bits per heavy atom. The van der Waals surface area contributed by atoms with Crippen molar-refractivity contribution < 1.29 is 27.9 Å². The highest BCUT2D eigenvalue weighted by Gasteiger charge is 2.34. The minimum atomic E-state index is -4.68. The lowest BCUT2D eigenvalue weighted by atomic mass is 10.2. The normalized spacial score (nSPS) is 11.4. The standard InChI is InChI=1S/C6H3F3N2O3/c7-6(8,9)3-1-2(10-11-3)4(12)5(13)14/h1H,(H,10,11)(H,13,14). The van der Waals surface area contributed by atoms with Crippen molar-refractivity contribution in [3.8, 4) is 0 Å². The van der Waals surface area contributed by atoms with E-state index in [9.17, 15) is 22.8 Å². The van der Waals surface area contributed by atoms with Gasteiger partial charge in [-0.25, -0.2) is 4.79 Å². The second-order valence-corrected chi connectivity index (χ2v) is 2.30. The molecule has 14 heavy (non-hydrogen) atoms. The molecule has 0 unspecified atom stereocenters. The van der Waals surface area contributed by atoms with E-state index in [1.165, 1.54) is 5.10 Å². The van der Waals surface area contributed by atoms with Crippen LogP contribution in [0.5, 0.6) is 0 Å². The summed E-state index contributed by atoms with van der Waals surface area (Å²) in [6, 6.07) is 0.344. The molecule has 8 heteroatoms. The minimum absolute atomic E-state index is 0.344. The predicted molar refractivity (Wildman–Crippen MR) is 35.6 cm³/mol. The summed E-state index contributed by atoms with van der Waals surface area (Å²) < 4.78 is 35.8. The molecular formula is C6H3F3N2O3. The highest BCUT2D eigenvalue weighted by atomic mass is 19.4. The Kier molecular flexibility index (Phi) is 2.28. The summed E-state index contributed by atoms with van der Waals surface area (Å²) in [5.74, 6) is -3.35. The van der Waals surface area contributed by atoms with E-state index < -0.39 is 29.3 Å². The van der Waals surface area contributed by atoms with Crippen molar-refractivity contribution in [2.24, 2.45) is 0 Å². The van der Waals surface area contributed by atoms with Gasteiger partial charge in [-0.1, -0.05) is 0 Å². The topological polar surface area (TPSA) is 83.0 Å². The van der Waals surface area contributed by atoms with Gasteiger partial charge in [-0.3, -0.25) is 9.89 Å². The molecule has 1 aromatic rings. The number of Topliss-reactive ketones (excluding diaryl/α,β-unsaturated/α-hetero) is 1. The number of carbonyl (C=O) groups is 2. The Morgan fingerprint density at radius 1 is 1.43 bits per heavy atom. The Morgan fingerprint density at radius 2 is 2.00 bits per heavy atom. The number of aromatic amines is 1. The zero-order chi connectivity index (χ0) is 10.9. The summed E-state index contributed by atoms with van der Waals surface area (Å²) in [4.78, 5) is 20.7. The SMILES string of the molecule is O=C(O)C(=O)c1cc(C(F)(F)F)[nH]n1. The highest BCUT2D eigenvalue weighted by molar-refractivity contribution is 6.39. The Bertz CT molecular complexity index is 382. The zero-order valence-electron chi connectivity index (χ0n) is 6.42. The van der Waals surface area contributed by atoms with E-state index in [4.69, 9.17) is 5.11 Å². The van der Waals surface area contributed by atoms with Crippen molar-refractivity contribution >= 4 is 11.8 Å². The third-order valence-electron chi connectivity index (χ3n) is 1.31. The highest BCUT2D eigenvalue weighted by Crippen LogP contribution is 2.27. The molecule has 1 rings (SSSR count). The van der Waals surface area contributed by atoms with Crippen LogP contribution in [0.1, 0.15) is 16.2 Å². The van der Waals surface area contributed by atoms with Crippen LogP contribution >= 0.6 is 0 Å². The number of H-pyrrole nitrogens is 1. The number of hydrogen-bond acceptors (Lipinski definition) is 3. The van der Waals surface area contributed by atoms with Crippen molar-refractivity contribution in [1.29, 1.82) is 0 Å². The fourth-order valence-corrected chi connectivity index (χ4v) is 0.693. The first kappa shape index (κ1) is 10.2. The summed E-state index contributed by atoms with van der Waals surface area (Å²) in [7, 11) is 0. The molecule has 0 aliphatic carbocycles. The van der Waals surface area contributed by atoms with Crippen LogP contribution in [0.15, 0.2) is 6.07 Å². The first-order valence-electron chi connectivity index (χ1n) is 3.22. The molecule has 0 radical (unpaired) electrons. The van der Waals surface area contributed by atoms with Crippen LogP contribution in [0.25, 0.3) is 0 Å². The molecule has 0 aliphatic heterocycles. The van der Waals surface area contributed by atoms with Crippen LogP contribution in [-0.4, -0.2) is 27.1 Å². The fourth-order valence-electron chi connectivity index (χ4n) is 0.693. The molecule has 0 saturated carbocycles. The van der Waals surface area contributed by atoms with Crippen molar-refractivity contribution in [3.05, 3.63) is 17.5 Å². The number of alkyl halides is 3. The Hall–Kier alpha value is -1.86. The fraction of sp³-hybridized carbons (Fsp3) is 0.167. The monoisotopic (exact) mass is 208 g/mol. The minimum Gasteiger partial charge on any atom is -0.475 e. The van der Waals surface area contributed by atoms with Crippen LogP contribution in [0.3, 0.4) is 0 Å². The van der Waals surface area contributed by atoms with Crippen LogP contribution in [0.2, 0.25) is 0 Å². The van der Waals surface area contributed by atoms with E-state index in [0.29, 0.717) is 6.07 Å². The Labute approximate surface area is 74.5 Å². The second-order valence-electron chi connectivity index (χ2n) is 2.30. The molecule has 0 aromatic carbocycles. The number of hydrogen-bond donors (Lipinski definition) is 2. The van der Waals surface area contributed by atoms with Crippen molar-refractivity contribution in [1.82, 2.24) is 10.2 Å². The van der Waals surface area contributed by atoms with Gasteiger partial charge in [-0.15, -0.1) is 0 Å². The third-order valence-corrected chi connectivity index (χ3v) is 1.31. The van der Waals surface area contributed by atoms with Gasteiger partial charge in [0.2, 0.25) is 0 Å². The molecule has 76 valence electrons. The molecule has 1 heterocycles. The molecule has 1 aromatic heterocycles. The van der Waals surface area contributed by atoms with Crippen molar-refractivity contribution in [2.45, 2.75) is 6.18 Å². The molecule has 2 N–H and O–H groups in total. The van der Waals surface area contributed by atoms with Gasteiger partial charge in [0, 0.05) is 0 Å². The number of halogens is 3. The Balaban J connectivity index is 3.00. The average molecular weight is 208 g/mol. The lowest BCUT2D eigenvalue weighted by Gasteiger charge is -1.99. The molecule has 0 bridgehead atoms. The van der Waals surface area contributed by atoms with E-state index >= 15 is 0 Å². The molecule has 0 aliphatic rings. The molecule has 0 spiro atoms. The summed E-state index contributed by atoms with van der Waals surface area (Å²) >= 11 is 0. The van der Waals surface area contributed by atoms with Crippen LogP contribution < -0.4 is 0 Å². The number of nitrogens with one attached hydrogen (secondary N) is 1. The van der Waals surface area contributed by atoms with Gasteiger partial charge < -0.3 is 5.11 Å². The number of carboxylic acid groups (broad SMARTS) is 1. The van der Waals surface area contributed by atoms with E-state index in [2.05, 4.69) is 5.10 Å². The molecule has 0 amide bonds. The van der Waals surface area contributed by atoms with Gasteiger partial charge in [0.15, 0.2) is 0 Å². The summed E-state index contributed by atoms with van der Waals surface area (Å²) in [6.45, 7) is 0. The van der Waals surface area contributed by atoms with Crippen molar-refractivity contribution in [3.63, 3.8) is 0 Å².